The third-order valence-corrected chi connectivity index (χ3v) is 3.81. The van der Waals surface area contributed by atoms with E-state index >= 15 is 0 Å². The average Bonchev–Trinajstić information content (AvgIpc) is 2.37. The highest BCUT2D eigenvalue weighted by molar-refractivity contribution is 6.35. The van der Waals surface area contributed by atoms with E-state index in [2.05, 4.69) is 5.32 Å². The first kappa shape index (κ1) is 18.8. The minimum atomic E-state index is -0.386. The van der Waals surface area contributed by atoms with Crippen molar-refractivity contribution in [2.75, 3.05) is 13.1 Å². The molecule has 0 aliphatic carbocycles. The second-order valence-corrected chi connectivity index (χ2v) is 6.96. The van der Waals surface area contributed by atoms with Crippen molar-refractivity contribution in [2.45, 2.75) is 39.7 Å². The second-order valence-electron chi connectivity index (χ2n) is 6.11. The zero-order valence-electron chi connectivity index (χ0n) is 13.4. The zero-order valence-corrected chi connectivity index (χ0v) is 14.9. The molecule has 22 heavy (non-hydrogen) atoms. The SMILES string of the molecule is CC(=O)N(CC(=O)NCCc1ccc(Cl)cc1Cl)C(C)(C)C. The molecule has 0 radical (unpaired) electrons. The van der Waals surface area contributed by atoms with Crippen LogP contribution in [-0.4, -0.2) is 35.3 Å². The Balaban J connectivity index is 2.51. The summed E-state index contributed by atoms with van der Waals surface area (Å²) in [5, 5.41) is 3.97. The normalized spacial score (nSPS) is 11.2. The average molecular weight is 345 g/mol. The zero-order chi connectivity index (χ0) is 16.9. The number of nitrogens with zero attached hydrogens (tertiary/aromatic N) is 1. The van der Waals surface area contributed by atoms with Gasteiger partial charge in [-0.05, 0) is 44.9 Å². The highest BCUT2D eigenvalue weighted by atomic mass is 35.5. The molecule has 0 saturated carbocycles. The van der Waals surface area contributed by atoms with Gasteiger partial charge in [0.2, 0.25) is 11.8 Å². The van der Waals surface area contributed by atoms with E-state index < -0.39 is 0 Å². The van der Waals surface area contributed by atoms with Crippen LogP contribution in [0.1, 0.15) is 33.3 Å². The molecule has 6 heteroatoms. The Morgan fingerprint density at radius 3 is 2.36 bits per heavy atom. The summed E-state index contributed by atoms with van der Waals surface area (Å²) in [5.41, 5.74) is 0.536. The van der Waals surface area contributed by atoms with E-state index in [4.69, 9.17) is 23.2 Å². The third-order valence-electron chi connectivity index (χ3n) is 3.22. The molecule has 0 bridgehead atoms. The number of halogens is 2. The predicted octanol–water partition coefficient (Wildman–Crippen LogP) is 3.30. The molecule has 1 aromatic rings. The van der Waals surface area contributed by atoms with Gasteiger partial charge in [-0.25, -0.2) is 0 Å². The number of rotatable bonds is 5. The van der Waals surface area contributed by atoms with Gasteiger partial charge >= 0.3 is 0 Å². The quantitative estimate of drug-likeness (QED) is 0.890. The first-order chi connectivity index (χ1) is 10.1. The van der Waals surface area contributed by atoms with E-state index in [9.17, 15) is 9.59 Å². The molecule has 1 aromatic carbocycles. The lowest BCUT2D eigenvalue weighted by Crippen LogP contribution is -2.49. The standard InChI is InChI=1S/C16H22Cl2N2O2/c1-11(21)20(16(2,3)4)10-15(22)19-8-7-12-5-6-13(17)9-14(12)18/h5-6,9H,7-8,10H2,1-4H3,(H,19,22). The van der Waals surface area contributed by atoms with E-state index in [0.717, 1.165) is 5.56 Å². The minimum absolute atomic E-state index is 0.0488. The molecule has 4 nitrogen and oxygen atoms in total. The highest BCUT2D eigenvalue weighted by Crippen LogP contribution is 2.21. The summed E-state index contributed by atoms with van der Waals surface area (Å²) in [5.74, 6) is -0.307. The van der Waals surface area contributed by atoms with Gasteiger partial charge in [-0.1, -0.05) is 29.3 Å². The van der Waals surface area contributed by atoms with Crippen LogP contribution in [0.25, 0.3) is 0 Å². The summed E-state index contributed by atoms with van der Waals surface area (Å²) in [6.45, 7) is 7.66. The molecule has 122 valence electrons. The van der Waals surface area contributed by atoms with Crippen molar-refractivity contribution in [3.63, 3.8) is 0 Å². The second kappa shape index (κ2) is 7.84. The molecule has 0 spiro atoms. The number of amides is 2. The van der Waals surface area contributed by atoms with Crippen LogP contribution in [-0.2, 0) is 16.0 Å². The lowest BCUT2D eigenvalue weighted by atomic mass is 10.1. The Labute approximate surface area is 141 Å². The van der Waals surface area contributed by atoms with Gasteiger partial charge in [0.25, 0.3) is 0 Å². The third kappa shape index (κ3) is 5.85. The summed E-state index contributed by atoms with van der Waals surface area (Å²) in [7, 11) is 0. The summed E-state index contributed by atoms with van der Waals surface area (Å²) in [4.78, 5) is 25.1. The van der Waals surface area contributed by atoms with Crippen molar-refractivity contribution < 1.29 is 9.59 Å². The monoisotopic (exact) mass is 344 g/mol. The van der Waals surface area contributed by atoms with E-state index in [-0.39, 0.29) is 23.9 Å². The maximum Gasteiger partial charge on any atom is 0.239 e. The first-order valence-corrected chi connectivity index (χ1v) is 7.85. The Hall–Kier alpha value is -1.26. The van der Waals surface area contributed by atoms with Crippen molar-refractivity contribution in [3.05, 3.63) is 33.8 Å². The lowest BCUT2D eigenvalue weighted by Gasteiger charge is -2.34. The van der Waals surface area contributed by atoms with E-state index in [1.54, 1.807) is 12.1 Å². The molecular weight excluding hydrogens is 323 g/mol. The summed E-state index contributed by atoms with van der Waals surface area (Å²) in [6, 6.07) is 5.28. The molecule has 0 aliphatic rings. The van der Waals surface area contributed by atoms with Crippen LogP contribution in [0.5, 0.6) is 0 Å². The number of benzene rings is 1. The number of nitrogens with one attached hydrogen (secondary N) is 1. The summed E-state index contributed by atoms with van der Waals surface area (Å²) in [6.07, 6.45) is 0.608. The van der Waals surface area contributed by atoms with Crippen molar-refractivity contribution >= 4 is 35.0 Å². The van der Waals surface area contributed by atoms with Crippen LogP contribution in [0.4, 0.5) is 0 Å². The molecule has 2 amide bonds. The molecule has 0 heterocycles. The van der Waals surface area contributed by atoms with Crippen LogP contribution in [0, 0.1) is 0 Å². The van der Waals surface area contributed by atoms with Gasteiger partial charge in [0.15, 0.2) is 0 Å². The Morgan fingerprint density at radius 2 is 1.86 bits per heavy atom. The minimum Gasteiger partial charge on any atom is -0.354 e. The predicted molar refractivity (Wildman–Crippen MR) is 90.3 cm³/mol. The number of carbonyl (C=O) groups excluding carboxylic acids is 2. The molecular formula is C16H22Cl2N2O2. The lowest BCUT2D eigenvalue weighted by molar-refractivity contribution is -0.138. The molecule has 1 rings (SSSR count). The fraction of sp³-hybridized carbons (Fsp3) is 0.500. The van der Waals surface area contributed by atoms with Gasteiger partial charge < -0.3 is 10.2 Å². The molecule has 0 unspecified atom stereocenters. The van der Waals surface area contributed by atoms with Crippen molar-refractivity contribution in [3.8, 4) is 0 Å². The van der Waals surface area contributed by atoms with Crippen molar-refractivity contribution in [1.29, 1.82) is 0 Å². The Kier molecular flexibility index (Phi) is 6.69. The maximum atomic E-state index is 12.0. The number of hydrogen-bond acceptors (Lipinski definition) is 2. The van der Waals surface area contributed by atoms with Gasteiger partial charge in [0.1, 0.15) is 6.54 Å². The Bertz CT molecular complexity index is 554. The molecule has 0 atom stereocenters. The van der Waals surface area contributed by atoms with Crippen LogP contribution in [0.2, 0.25) is 10.0 Å². The molecule has 0 fully saturated rings. The Morgan fingerprint density at radius 1 is 1.23 bits per heavy atom. The first-order valence-electron chi connectivity index (χ1n) is 7.10. The topological polar surface area (TPSA) is 49.4 Å². The van der Waals surface area contributed by atoms with Crippen molar-refractivity contribution in [2.24, 2.45) is 0 Å². The summed E-state index contributed by atoms with van der Waals surface area (Å²) >= 11 is 11.9. The van der Waals surface area contributed by atoms with Crippen LogP contribution >= 0.6 is 23.2 Å². The van der Waals surface area contributed by atoms with Crippen LogP contribution < -0.4 is 5.32 Å². The number of carbonyl (C=O) groups is 2. The maximum absolute atomic E-state index is 12.0. The molecule has 0 saturated heterocycles. The van der Waals surface area contributed by atoms with Crippen molar-refractivity contribution in [1.82, 2.24) is 10.2 Å². The van der Waals surface area contributed by atoms with Gasteiger partial charge in [-0.3, -0.25) is 9.59 Å². The van der Waals surface area contributed by atoms with Crippen LogP contribution in [0.15, 0.2) is 18.2 Å². The van der Waals surface area contributed by atoms with E-state index in [1.807, 2.05) is 26.8 Å². The van der Waals surface area contributed by atoms with E-state index in [0.29, 0.717) is 23.0 Å². The summed E-state index contributed by atoms with van der Waals surface area (Å²) < 4.78 is 0. The van der Waals surface area contributed by atoms with Gasteiger partial charge in [0, 0.05) is 29.1 Å². The molecule has 0 aromatic heterocycles. The molecule has 0 aliphatic heterocycles. The fourth-order valence-corrected chi connectivity index (χ4v) is 2.58. The van der Waals surface area contributed by atoms with Gasteiger partial charge in [-0.15, -0.1) is 0 Å². The van der Waals surface area contributed by atoms with Gasteiger partial charge in [0.05, 0.1) is 0 Å². The highest BCUT2D eigenvalue weighted by Gasteiger charge is 2.25. The molecule has 1 N–H and O–H groups in total. The number of hydrogen-bond donors (Lipinski definition) is 1. The fourth-order valence-electron chi connectivity index (χ4n) is 2.08. The van der Waals surface area contributed by atoms with E-state index in [1.165, 1.54) is 11.8 Å². The van der Waals surface area contributed by atoms with Crippen LogP contribution in [0.3, 0.4) is 0 Å². The largest absolute Gasteiger partial charge is 0.354 e. The smallest absolute Gasteiger partial charge is 0.239 e. The van der Waals surface area contributed by atoms with Gasteiger partial charge in [-0.2, -0.15) is 0 Å².